The van der Waals surface area contributed by atoms with Gasteiger partial charge in [0.15, 0.2) is 0 Å². The van der Waals surface area contributed by atoms with Crippen LogP contribution in [0.25, 0.3) is 0 Å². The van der Waals surface area contributed by atoms with Gasteiger partial charge >= 0.3 is 5.97 Å². The quantitative estimate of drug-likeness (QED) is 0.789. The largest absolute Gasteiger partial charge is 0.481 e. The van der Waals surface area contributed by atoms with Gasteiger partial charge in [0.2, 0.25) is 5.91 Å². The van der Waals surface area contributed by atoms with Crippen LogP contribution in [0.1, 0.15) is 29.6 Å². The third-order valence-electron chi connectivity index (χ3n) is 4.58. The van der Waals surface area contributed by atoms with Crippen molar-refractivity contribution in [1.82, 2.24) is 19.7 Å². The van der Waals surface area contributed by atoms with Crippen molar-refractivity contribution >= 4 is 23.5 Å². The summed E-state index contributed by atoms with van der Waals surface area (Å²) in [5, 5.41) is 15.7. The lowest BCUT2D eigenvalue weighted by Gasteiger charge is -2.30. The molecule has 1 aliphatic heterocycles. The fourth-order valence-corrected chi connectivity index (χ4v) is 3.00. The second kappa shape index (κ2) is 8.43. The summed E-state index contributed by atoms with van der Waals surface area (Å²) < 4.78 is 1.58. The average Bonchev–Trinajstić information content (AvgIpc) is 3.20. The van der Waals surface area contributed by atoms with E-state index in [1.807, 2.05) is 0 Å². The molecule has 2 heterocycles. The van der Waals surface area contributed by atoms with Crippen molar-refractivity contribution in [1.29, 1.82) is 0 Å². The molecule has 2 N–H and O–H groups in total. The van der Waals surface area contributed by atoms with Gasteiger partial charge in [-0.1, -0.05) is 0 Å². The van der Waals surface area contributed by atoms with E-state index in [2.05, 4.69) is 15.4 Å². The summed E-state index contributed by atoms with van der Waals surface area (Å²) in [4.78, 5) is 41.0. The van der Waals surface area contributed by atoms with E-state index in [1.54, 1.807) is 40.2 Å². The molecule has 0 aliphatic carbocycles. The molecule has 27 heavy (non-hydrogen) atoms. The Hall–Kier alpha value is -3.23. The number of carbonyl (C=O) groups excluding carboxylic acids is 2. The summed E-state index contributed by atoms with van der Waals surface area (Å²) in [5.74, 6) is -1.45. The number of nitrogens with zero attached hydrogens (tertiary/aromatic N) is 4. The lowest BCUT2D eigenvalue weighted by molar-refractivity contribution is -0.143. The zero-order valence-corrected chi connectivity index (χ0v) is 14.7. The van der Waals surface area contributed by atoms with Gasteiger partial charge in [-0.25, -0.2) is 4.98 Å². The minimum atomic E-state index is -0.800. The van der Waals surface area contributed by atoms with Crippen LogP contribution in [0.15, 0.2) is 36.9 Å². The second-order valence-electron chi connectivity index (χ2n) is 6.44. The van der Waals surface area contributed by atoms with Crippen molar-refractivity contribution in [3.8, 4) is 0 Å². The molecule has 1 aliphatic rings. The lowest BCUT2D eigenvalue weighted by Crippen LogP contribution is -2.40. The maximum atomic E-state index is 12.5. The average molecular weight is 371 g/mol. The normalized spacial score (nSPS) is 14.7. The van der Waals surface area contributed by atoms with Crippen LogP contribution >= 0.6 is 0 Å². The van der Waals surface area contributed by atoms with Crippen LogP contribution in [0, 0.1) is 5.92 Å². The Bertz CT molecular complexity index is 796. The van der Waals surface area contributed by atoms with Crippen molar-refractivity contribution < 1.29 is 19.5 Å². The number of aromatic nitrogens is 3. The first-order chi connectivity index (χ1) is 13.0. The molecule has 1 saturated heterocycles. The summed E-state index contributed by atoms with van der Waals surface area (Å²) >= 11 is 0. The van der Waals surface area contributed by atoms with E-state index >= 15 is 0 Å². The zero-order valence-electron chi connectivity index (χ0n) is 14.7. The highest BCUT2D eigenvalue weighted by molar-refractivity contribution is 5.96. The van der Waals surface area contributed by atoms with Crippen LogP contribution in [0.3, 0.4) is 0 Å². The molecule has 2 aromatic rings. The Morgan fingerprint density at radius 3 is 2.44 bits per heavy atom. The number of piperidine rings is 1. The van der Waals surface area contributed by atoms with Gasteiger partial charge in [0.05, 0.1) is 12.5 Å². The summed E-state index contributed by atoms with van der Waals surface area (Å²) in [6, 6.07) is 6.70. The number of nitrogens with one attached hydrogen (secondary N) is 1. The van der Waals surface area contributed by atoms with Crippen molar-refractivity contribution in [3.05, 3.63) is 42.5 Å². The second-order valence-corrected chi connectivity index (χ2v) is 6.44. The molecule has 0 atom stereocenters. The first kappa shape index (κ1) is 18.6. The molecule has 0 spiro atoms. The van der Waals surface area contributed by atoms with E-state index in [0.717, 1.165) is 0 Å². The number of carboxylic acids is 1. The molecule has 9 nitrogen and oxygen atoms in total. The third-order valence-corrected chi connectivity index (χ3v) is 4.58. The minimum absolute atomic E-state index is 0.122. The van der Waals surface area contributed by atoms with Crippen LogP contribution in [0.5, 0.6) is 0 Å². The fraction of sp³-hybridized carbons (Fsp3) is 0.389. The van der Waals surface area contributed by atoms with Crippen LogP contribution in [0.2, 0.25) is 0 Å². The van der Waals surface area contributed by atoms with Gasteiger partial charge in [-0.2, -0.15) is 5.10 Å². The van der Waals surface area contributed by atoms with Gasteiger partial charge in [0.25, 0.3) is 5.91 Å². The fourth-order valence-electron chi connectivity index (χ4n) is 3.00. The number of aryl methyl sites for hydroxylation is 1. The van der Waals surface area contributed by atoms with E-state index in [0.29, 0.717) is 43.7 Å². The maximum Gasteiger partial charge on any atom is 0.306 e. The Kier molecular flexibility index (Phi) is 5.80. The minimum Gasteiger partial charge on any atom is -0.481 e. The highest BCUT2D eigenvalue weighted by Gasteiger charge is 2.27. The number of rotatable bonds is 6. The maximum absolute atomic E-state index is 12.5. The molecule has 2 amide bonds. The molecule has 1 aromatic carbocycles. The number of likely N-dealkylation sites (tertiary alicyclic amines) is 1. The lowest BCUT2D eigenvalue weighted by atomic mass is 9.96. The molecule has 0 bridgehead atoms. The Morgan fingerprint density at radius 2 is 1.85 bits per heavy atom. The molecule has 9 heteroatoms. The van der Waals surface area contributed by atoms with Gasteiger partial charge in [-0.15, -0.1) is 0 Å². The molecule has 3 rings (SSSR count). The van der Waals surface area contributed by atoms with Crippen molar-refractivity contribution in [2.24, 2.45) is 5.92 Å². The molecule has 1 aromatic heterocycles. The molecular formula is C18H21N5O4. The number of benzene rings is 1. The van der Waals surface area contributed by atoms with E-state index in [1.165, 1.54) is 6.33 Å². The van der Waals surface area contributed by atoms with E-state index in [4.69, 9.17) is 5.11 Å². The van der Waals surface area contributed by atoms with Gasteiger partial charge in [0, 0.05) is 30.8 Å². The first-order valence-electron chi connectivity index (χ1n) is 8.77. The molecule has 0 saturated carbocycles. The Labute approximate surface area is 156 Å². The highest BCUT2D eigenvalue weighted by Crippen LogP contribution is 2.20. The number of hydrogen-bond donors (Lipinski definition) is 2. The number of hydrogen-bond acceptors (Lipinski definition) is 5. The number of aliphatic carboxylic acids is 1. The van der Waals surface area contributed by atoms with Crippen molar-refractivity contribution in [3.63, 3.8) is 0 Å². The predicted octanol–water partition coefficient (Wildman–Crippen LogP) is 1.24. The monoisotopic (exact) mass is 371 g/mol. The summed E-state index contributed by atoms with van der Waals surface area (Å²) in [6.45, 7) is 1.32. The van der Waals surface area contributed by atoms with Crippen LogP contribution in [0.4, 0.5) is 5.69 Å². The van der Waals surface area contributed by atoms with E-state index in [9.17, 15) is 14.4 Å². The summed E-state index contributed by atoms with van der Waals surface area (Å²) in [7, 11) is 0. The van der Waals surface area contributed by atoms with E-state index < -0.39 is 5.97 Å². The standard InChI is InChI=1S/C18H21N5O4/c24-16(7-10-23-12-19-11-20-23)21-15-3-1-13(2-4-15)17(25)22-8-5-14(6-9-22)18(26)27/h1-4,11-12,14H,5-10H2,(H,21,24)(H,26,27). The van der Waals surface area contributed by atoms with Crippen molar-refractivity contribution in [2.75, 3.05) is 18.4 Å². The van der Waals surface area contributed by atoms with Crippen molar-refractivity contribution in [2.45, 2.75) is 25.8 Å². The van der Waals surface area contributed by atoms with Crippen LogP contribution < -0.4 is 5.32 Å². The number of amides is 2. The third kappa shape index (κ3) is 4.90. The van der Waals surface area contributed by atoms with Gasteiger partial charge in [-0.05, 0) is 37.1 Å². The highest BCUT2D eigenvalue weighted by atomic mass is 16.4. The summed E-state index contributed by atoms with van der Waals surface area (Å²) in [6.07, 6.45) is 4.18. The van der Waals surface area contributed by atoms with Gasteiger partial charge in [0.1, 0.15) is 12.7 Å². The smallest absolute Gasteiger partial charge is 0.306 e. The topological polar surface area (TPSA) is 117 Å². The Morgan fingerprint density at radius 1 is 1.15 bits per heavy atom. The Balaban J connectivity index is 1.50. The summed E-state index contributed by atoms with van der Waals surface area (Å²) in [5.41, 5.74) is 1.13. The van der Waals surface area contributed by atoms with E-state index in [-0.39, 0.29) is 24.2 Å². The number of anilines is 1. The first-order valence-corrected chi connectivity index (χ1v) is 8.77. The SMILES string of the molecule is O=C(CCn1cncn1)Nc1ccc(C(=O)N2CCC(C(=O)O)CC2)cc1. The molecular weight excluding hydrogens is 350 g/mol. The predicted molar refractivity (Wildman–Crippen MR) is 96.0 cm³/mol. The number of carboxylic acid groups (broad SMARTS) is 1. The van der Waals surface area contributed by atoms with Gasteiger partial charge in [-0.3, -0.25) is 19.1 Å². The zero-order chi connectivity index (χ0) is 19.2. The van der Waals surface area contributed by atoms with Crippen LogP contribution in [-0.2, 0) is 16.1 Å². The molecule has 0 unspecified atom stereocenters. The number of carbonyl (C=O) groups is 3. The molecule has 142 valence electrons. The van der Waals surface area contributed by atoms with Crippen LogP contribution in [-0.4, -0.2) is 55.6 Å². The molecule has 1 fully saturated rings. The van der Waals surface area contributed by atoms with Gasteiger partial charge < -0.3 is 15.3 Å². The molecule has 0 radical (unpaired) electrons.